The van der Waals surface area contributed by atoms with Crippen LogP contribution in [0.1, 0.15) is 97.3 Å². The van der Waals surface area contributed by atoms with Crippen molar-refractivity contribution < 1.29 is 10.2 Å². The van der Waals surface area contributed by atoms with Gasteiger partial charge in [-0.25, -0.2) is 0 Å². The number of hydrogen-bond acceptors (Lipinski definition) is 3. The van der Waals surface area contributed by atoms with E-state index in [9.17, 15) is 5.11 Å². The fraction of sp³-hybridized carbons (Fsp3) is 1.00. The lowest BCUT2D eigenvalue weighted by Crippen LogP contribution is -2.30. The summed E-state index contributed by atoms with van der Waals surface area (Å²) in [5, 5.41) is 18.5. The summed E-state index contributed by atoms with van der Waals surface area (Å²) in [4.78, 5) is 2.50. The largest absolute Gasteiger partial charge is 0.394 e. The molecule has 0 aliphatic rings. The molecule has 2 N–H and O–H groups in total. The van der Waals surface area contributed by atoms with Crippen molar-refractivity contribution in [1.82, 2.24) is 4.90 Å². The third-order valence-electron chi connectivity index (χ3n) is 4.65. The predicted molar refractivity (Wildman–Crippen MR) is 101 cm³/mol. The van der Waals surface area contributed by atoms with E-state index in [1.165, 1.54) is 77.0 Å². The maximum Gasteiger partial charge on any atom is 0.0783 e. The van der Waals surface area contributed by atoms with E-state index in [0.717, 1.165) is 19.6 Å². The molecule has 1 unspecified atom stereocenters. The summed E-state index contributed by atoms with van der Waals surface area (Å²) < 4.78 is 0. The van der Waals surface area contributed by atoms with E-state index in [2.05, 4.69) is 18.7 Å². The normalized spacial score (nSPS) is 12.9. The summed E-state index contributed by atoms with van der Waals surface area (Å²) in [7, 11) is 0. The summed E-state index contributed by atoms with van der Waals surface area (Å²) in [6.07, 6.45) is 16.2. The Morgan fingerprint density at radius 3 is 1.52 bits per heavy atom. The molecule has 0 fully saturated rings. The zero-order valence-corrected chi connectivity index (χ0v) is 15.9. The van der Waals surface area contributed by atoms with E-state index in [-0.39, 0.29) is 6.61 Å². The van der Waals surface area contributed by atoms with E-state index in [1.807, 2.05) is 0 Å². The fourth-order valence-electron chi connectivity index (χ4n) is 2.99. The molecule has 3 nitrogen and oxygen atoms in total. The molecule has 0 aromatic heterocycles. The van der Waals surface area contributed by atoms with Gasteiger partial charge in [0.15, 0.2) is 0 Å². The Morgan fingerprint density at radius 1 is 0.652 bits per heavy atom. The van der Waals surface area contributed by atoms with Crippen molar-refractivity contribution in [3.05, 3.63) is 0 Å². The van der Waals surface area contributed by atoms with Crippen molar-refractivity contribution in [1.29, 1.82) is 0 Å². The van der Waals surface area contributed by atoms with Crippen LogP contribution in [0.2, 0.25) is 0 Å². The van der Waals surface area contributed by atoms with Gasteiger partial charge in [0.05, 0.1) is 12.7 Å². The average molecular weight is 330 g/mol. The van der Waals surface area contributed by atoms with Crippen molar-refractivity contribution in [2.75, 3.05) is 26.2 Å². The van der Waals surface area contributed by atoms with Crippen molar-refractivity contribution in [3.63, 3.8) is 0 Å². The van der Waals surface area contributed by atoms with Crippen molar-refractivity contribution >= 4 is 0 Å². The molecule has 0 spiro atoms. The van der Waals surface area contributed by atoms with Crippen LogP contribution < -0.4 is 0 Å². The highest BCUT2D eigenvalue weighted by Crippen LogP contribution is 2.09. The van der Waals surface area contributed by atoms with E-state index < -0.39 is 6.10 Å². The fourth-order valence-corrected chi connectivity index (χ4v) is 2.99. The second-order valence-corrected chi connectivity index (χ2v) is 7.00. The van der Waals surface area contributed by atoms with Gasteiger partial charge in [-0.15, -0.1) is 0 Å². The lowest BCUT2D eigenvalue weighted by atomic mass is 10.1. The molecule has 0 amide bonds. The molecule has 0 heterocycles. The minimum absolute atomic E-state index is 0.109. The molecular formula is C20H43NO2. The van der Waals surface area contributed by atoms with Gasteiger partial charge in [0.2, 0.25) is 0 Å². The minimum Gasteiger partial charge on any atom is -0.394 e. The first kappa shape index (κ1) is 22.9. The van der Waals surface area contributed by atoms with E-state index in [0.29, 0.717) is 6.42 Å². The van der Waals surface area contributed by atoms with Crippen molar-refractivity contribution in [2.24, 2.45) is 0 Å². The molecule has 0 saturated carbocycles. The summed E-state index contributed by atoms with van der Waals surface area (Å²) in [5.41, 5.74) is 0. The molecule has 23 heavy (non-hydrogen) atoms. The lowest BCUT2D eigenvalue weighted by Gasteiger charge is -2.23. The topological polar surface area (TPSA) is 43.7 Å². The highest BCUT2D eigenvalue weighted by molar-refractivity contribution is 4.63. The van der Waals surface area contributed by atoms with E-state index >= 15 is 0 Å². The number of aliphatic hydroxyl groups excluding tert-OH is 2. The van der Waals surface area contributed by atoms with Gasteiger partial charge in [0.1, 0.15) is 0 Å². The maximum absolute atomic E-state index is 9.57. The molecular weight excluding hydrogens is 286 g/mol. The molecule has 0 aliphatic carbocycles. The van der Waals surface area contributed by atoms with Crippen LogP contribution in [-0.4, -0.2) is 47.5 Å². The van der Waals surface area contributed by atoms with Crippen LogP contribution >= 0.6 is 0 Å². The van der Waals surface area contributed by atoms with Crippen LogP contribution in [0.5, 0.6) is 0 Å². The smallest absolute Gasteiger partial charge is 0.0783 e. The van der Waals surface area contributed by atoms with E-state index in [1.54, 1.807) is 0 Å². The van der Waals surface area contributed by atoms with Crippen LogP contribution in [0, 0.1) is 0 Å². The van der Waals surface area contributed by atoms with Gasteiger partial charge in [0, 0.05) is 6.54 Å². The van der Waals surface area contributed by atoms with Gasteiger partial charge >= 0.3 is 0 Å². The first-order chi connectivity index (χ1) is 11.2. The summed E-state index contributed by atoms with van der Waals surface area (Å²) in [6.45, 7) is 7.63. The van der Waals surface area contributed by atoms with Gasteiger partial charge in [0.25, 0.3) is 0 Å². The first-order valence-corrected chi connectivity index (χ1v) is 10.3. The first-order valence-electron chi connectivity index (χ1n) is 10.3. The monoisotopic (exact) mass is 329 g/mol. The molecule has 0 aromatic rings. The van der Waals surface area contributed by atoms with Crippen LogP contribution in [0.4, 0.5) is 0 Å². The highest BCUT2D eigenvalue weighted by Gasteiger charge is 2.08. The second kappa shape index (κ2) is 18.2. The number of aliphatic hydroxyl groups is 2. The lowest BCUT2D eigenvalue weighted by molar-refractivity contribution is 0.0766. The van der Waals surface area contributed by atoms with E-state index in [4.69, 9.17) is 5.11 Å². The number of rotatable bonds is 18. The molecule has 0 rings (SSSR count). The number of hydrogen-bond donors (Lipinski definition) is 2. The maximum atomic E-state index is 9.57. The van der Waals surface area contributed by atoms with Crippen LogP contribution in [0.3, 0.4) is 0 Å². The standard InChI is InChI=1S/C20H43NO2/c1-3-5-7-9-11-13-16-21(18-15-20(23)19-22)17-14-12-10-8-6-4-2/h20,22-23H,3-19H2,1-2H3. The highest BCUT2D eigenvalue weighted by atomic mass is 16.3. The minimum atomic E-state index is -0.549. The molecule has 0 aliphatic heterocycles. The summed E-state index contributed by atoms with van der Waals surface area (Å²) >= 11 is 0. The SMILES string of the molecule is CCCCCCCCN(CCCCCCCC)CCC(O)CO. The average Bonchev–Trinajstić information content (AvgIpc) is 2.57. The number of nitrogens with zero attached hydrogens (tertiary/aromatic N) is 1. The summed E-state index contributed by atoms with van der Waals surface area (Å²) in [6, 6.07) is 0. The molecule has 0 saturated heterocycles. The third kappa shape index (κ3) is 16.5. The van der Waals surface area contributed by atoms with Gasteiger partial charge in [-0.1, -0.05) is 78.1 Å². The van der Waals surface area contributed by atoms with Crippen LogP contribution in [0.25, 0.3) is 0 Å². The van der Waals surface area contributed by atoms with Crippen molar-refractivity contribution in [3.8, 4) is 0 Å². The molecule has 1 atom stereocenters. The zero-order chi connectivity index (χ0) is 17.2. The Balaban J connectivity index is 3.79. The van der Waals surface area contributed by atoms with Gasteiger partial charge in [-0.3, -0.25) is 0 Å². The Morgan fingerprint density at radius 2 is 1.09 bits per heavy atom. The Hall–Kier alpha value is -0.120. The van der Waals surface area contributed by atoms with Gasteiger partial charge < -0.3 is 15.1 Å². The third-order valence-corrected chi connectivity index (χ3v) is 4.65. The van der Waals surface area contributed by atoms with Crippen LogP contribution in [-0.2, 0) is 0 Å². The Bertz CT molecular complexity index is 208. The van der Waals surface area contributed by atoms with Gasteiger partial charge in [-0.2, -0.15) is 0 Å². The molecule has 0 radical (unpaired) electrons. The van der Waals surface area contributed by atoms with Crippen molar-refractivity contribution in [2.45, 2.75) is 103 Å². The van der Waals surface area contributed by atoms with Crippen LogP contribution in [0.15, 0.2) is 0 Å². The molecule has 140 valence electrons. The molecule has 0 bridgehead atoms. The summed E-state index contributed by atoms with van der Waals surface area (Å²) in [5.74, 6) is 0. The Kier molecular flexibility index (Phi) is 18.1. The predicted octanol–water partition coefficient (Wildman–Crippen LogP) is 4.75. The second-order valence-electron chi connectivity index (χ2n) is 7.00. The quantitative estimate of drug-likeness (QED) is 0.357. The molecule has 0 aromatic carbocycles. The zero-order valence-electron chi connectivity index (χ0n) is 15.9. The van der Waals surface area contributed by atoms with Gasteiger partial charge in [-0.05, 0) is 32.4 Å². The Labute approximate surface area is 145 Å². The number of unbranched alkanes of at least 4 members (excludes halogenated alkanes) is 10. The molecule has 3 heteroatoms.